The maximum atomic E-state index is 14.5. The Bertz CT molecular complexity index is 1460. The molecule has 0 aliphatic carbocycles. The van der Waals surface area contributed by atoms with E-state index in [1.165, 1.54) is 24.7 Å². The van der Waals surface area contributed by atoms with Crippen molar-refractivity contribution >= 4 is 27.8 Å². The van der Waals surface area contributed by atoms with Crippen LogP contribution in [0.3, 0.4) is 0 Å². The van der Waals surface area contributed by atoms with Crippen molar-refractivity contribution in [1.82, 2.24) is 24.9 Å². The van der Waals surface area contributed by atoms with E-state index in [1.54, 1.807) is 12.3 Å². The van der Waals surface area contributed by atoms with Gasteiger partial charge in [-0.3, -0.25) is 9.78 Å². The molecule has 0 amide bonds. The lowest BCUT2D eigenvalue weighted by Crippen LogP contribution is -2.15. The van der Waals surface area contributed by atoms with Crippen molar-refractivity contribution < 1.29 is 4.39 Å². The second kappa shape index (κ2) is 7.56. The van der Waals surface area contributed by atoms with E-state index in [0.29, 0.717) is 27.9 Å². The highest BCUT2D eigenvalue weighted by Gasteiger charge is 2.19. The summed E-state index contributed by atoms with van der Waals surface area (Å²) in [6.07, 6.45) is 4.61. The van der Waals surface area contributed by atoms with E-state index < -0.39 is 11.9 Å². The molecule has 0 bridgehead atoms. The van der Waals surface area contributed by atoms with Crippen LogP contribution in [0.25, 0.3) is 33.2 Å². The maximum Gasteiger partial charge on any atom is 0.194 e. The Balaban J connectivity index is 1.67. The van der Waals surface area contributed by atoms with Crippen molar-refractivity contribution in [3.63, 3.8) is 0 Å². The van der Waals surface area contributed by atoms with Crippen LogP contribution in [0.1, 0.15) is 18.7 Å². The highest BCUT2D eigenvalue weighted by molar-refractivity contribution is 5.87. The van der Waals surface area contributed by atoms with Gasteiger partial charge in [-0.15, -0.1) is 0 Å². The molecule has 0 aliphatic rings. The molecule has 4 heterocycles. The van der Waals surface area contributed by atoms with Gasteiger partial charge in [0.25, 0.3) is 0 Å². The van der Waals surface area contributed by atoms with Crippen LogP contribution in [-0.2, 0) is 0 Å². The zero-order chi connectivity index (χ0) is 21.4. The van der Waals surface area contributed by atoms with Crippen molar-refractivity contribution in [2.75, 3.05) is 5.32 Å². The summed E-state index contributed by atoms with van der Waals surface area (Å²) >= 11 is 0. The van der Waals surface area contributed by atoms with Crippen LogP contribution in [0.2, 0.25) is 0 Å². The molecule has 31 heavy (non-hydrogen) atoms. The molecule has 0 radical (unpaired) electrons. The van der Waals surface area contributed by atoms with E-state index in [9.17, 15) is 9.18 Å². The zero-order valence-corrected chi connectivity index (χ0v) is 16.5. The van der Waals surface area contributed by atoms with E-state index in [1.807, 2.05) is 37.3 Å². The monoisotopic (exact) mass is 412 g/mol. The van der Waals surface area contributed by atoms with Crippen LogP contribution >= 0.6 is 0 Å². The molecule has 1 unspecified atom stereocenters. The van der Waals surface area contributed by atoms with Crippen LogP contribution in [0.4, 0.5) is 10.2 Å². The molecule has 0 spiro atoms. The molecule has 0 aliphatic heterocycles. The number of fused-ring (bicyclic) bond motifs is 2. The third-order valence-corrected chi connectivity index (χ3v) is 5.08. The summed E-state index contributed by atoms with van der Waals surface area (Å²) in [5.74, 6) is -0.0239. The first-order valence-electron chi connectivity index (χ1n) is 9.71. The summed E-state index contributed by atoms with van der Waals surface area (Å²) in [6.45, 7) is 1.88. The second-order valence-electron chi connectivity index (χ2n) is 7.10. The molecule has 152 valence electrons. The highest BCUT2D eigenvalue weighted by Crippen LogP contribution is 2.31. The fraction of sp³-hybridized carbons (Fsp3) is 0.0870. The van der Waals surface area contributed by atoms with E-state index in [2.05, 4.69) is 30.2 Å². The number of nitrogens with zero attached hydrogens (tertiary/aromatic N) is 4. The predicted molar refractivity (Wildman–Crippen MR) is 117 cm³/mol. The van der Waals surface area contributed by atoms with Gasteiger partial charge in [0.2, 0.25) is 0 Å². The standard InChI is InChI=1S/C23H17FN6O/c1-13(29-23-19-18(31)8-10-26-22(19)27-12-28-23)20-15(17-7-2-3-9-25-17)11-14-5-4-6-16(24)21(14)30-20/h2-13H,1H3,(H2,26,27,28,29,31). The Hall–Kier alpha value is -4.20. The van der Waals surface area contributed by atoms with Gasteiger partial charge in [0.1, 0.15) is 34.5 Å². The van der Waals surface area contributed by atoms with Crippen molar-refractivity contribution in [3.05, 3.63) is 89.0 Å². The summed E-state index contributed by atoms with van der Waals surface area (Å²) in [7, 11) is 0. The number of aromatic amines is 1. The first-order valence-corrected chi connectivity index (χ1v) is 9.71. The van der Waals surface area contributed by atoms with Gasteiger partial charge in [-0.05, 0) is 31.2 Å². The minimum atomic E-state index is -0.404. The van der Waals surface area contributed by atoms with Crippen molar-refractivity contribution in [3.8, 4) is 11.3 Å². The van der Waals surface area contributed by atoms with Crippen molar-refractivity contribution in [2.24, 2.45) is 0 Å². The Labute approximate surface area is 176 Å². The van der Waals surface area contributed by atoms with Crippen LogP contribution < -0.4 is 10.7 Å². The number of pyridine rings is 3. The van der Waals surface area contributed by atoms with Gasteiger partial charge in [-0.25, -0.2) is 19.3 Å². The van der Waals surface area contributed by atoms with E-state index in [-0.39, 0.29) is 10.9 Å². The second-order valence-corrected chi connectivity index (χ2v) is 7.10. The number of hydrogen-bond donors (Lipinski definition) is 2. The molecule has 0 saturated heterocycles. The number of anilines is 1. The number of hydrogen-bond acceptors (Lipinski definition) is 6. The van der Waals surface area contributed by atoms with E-state index in [0.717, 1.165) is 11.3 Å². The van der Waals surface area contributed by atoms with E-state index >= 15 is 0 Å². The van der Waals surface area contributed by atoms with Gasteiger partial charge in [-0.2, -0.15) is 0 Å². The van der Waals surface area contributed by atoms with Crippen LogP contribution in [0.5, 0.6) is 0 Å². The third kappa shape index (κ3) is 3.38. The number of H-pyrrole nitrogens is 1. The molecule has 1 aromatic carbocycles. The molecular weight excluding hydrogens is 395 g/mol. The smallest absolute Gasteiger partial charge is 0.194 e. The maximum absolute atomic E-state index is 14.5. The van der Waals surface area contributed by atoms with Gasteiger partial charge in [0.15, 0.2) is 5.43 Å². The SMILES string of the molecule is CC(Nc1ncnc2[nH]ccc(=O)c12)c1nc2c(F)cccc2cc1-c1ccccn1. The number of halogens is 1. The lowest BCUT2D eigenvalue weighted by molar-refractivity contribution is 0.635. The average molecular weight is 412 g/mol. The molecule has 0 saturated carbocycles. The zero-order valence-electron chi connectivity index (χ0n) is 16.5. The van der Waals surface area contributed by atoms with Crippen LogP contribution in [0, 0.1) is 5.82 Å². The Morgan fingerprint density at radius 1 is 1.06 bits per heavy atom. The number of benzene rings is 1. The van der Waals surface area contributed by atoms with Gasteiger partial charge in [0.05, 0.1) is 17.4 Å². The van der Waals surface area contributed by atoms with Crippen molar-refractivity contribution in [1.29, 1.82) is 0 Å². The quantitative estimate of drug-likeness (QED) is 0.458. The minimum absolute atomic E-state index is 0.202. The molecule has 5 aromatic rings. The fourth-order valence-electron chi connectivity index (χ4n) is 3.62. The van der Waals surface area contributed by atoms with Crippen molar-refractivity contribution in [2.45, 2.75) is 13.0 Å². The summed E-state index contributed by atoms with van der Waals surface area (Å²) in [4.78, 5) is 32.8. The molecule has 0 fully saturated rings. The van der Waals surface area contributed by atoms with Gasteiger partial charge in [0, 0.05) is 29.4 Å². The largest absolute Gasteiger partial charge is 0.361 e. The first-order chi connectivity index (χ1) is 15.1. The normalized spacial score (nSPS) is 12.2. The number of para-hydroxylation sites is 1. The van der Waals surface area contributed by atoms with Gasteiger partial charge < -0.3 is 10.3 Å². The summed E-state index contributed by atoms with van der Waals surface area (Å²) in [6, 6.07) is 13.4. The molecule has 1 atom stereocenters. The molecule has 4 aromatic heterocycles. The van der Waals surface area contributed by atoms with Crippen LogP contribution in [-0.4, -0.2) is 24.9 Å². The lowest BCUT2D eigenvalue weighted by Gasteiger charge is -2.19. The number of aromatic nitrogens is 5. The summed E-state index contributed by atoms with van der Waals surface area (Å²) in [5.41, 5.74) is 2.58. The van der Waals surface area contributed by atoms with Crippen LogP contribution in [0.15, 0.2) is 72.0 Å². The molecule has 2 N–H and O–H groups in total. The fourth-order valence-corrected chi connectivity index (χ4v) is 3.62. The third-order valence-electron chi connectivity index (χ3n) is 5.08. The van der Waals surface area contributed by atoms with E-state index in [4.69, 9.17) is 0 Å². The number of rotatable bonds is 4. The molecule has 8 heteroatoms. The van der Waals surface area contributed by atoms with Gasteiger partial charge >= 0.3 is 0 Å². The molecule has 5 rings (SSSR count). The molecule has 7 nitrogen and oxygen atoms in total. The summed E-state index contributed by atoms with van der Waals surface area (Å²) < 4.78 is 14.5. The topological polar surface area (TPSA) is 96.5 Å². The Kier molecular flexibility index (Phi) is 4.59. The van der Waals surface area contributed by atoms with Gasteiger partial charge in [-0.1, -0.05) is 18.2 Å². The minimum Gasteiger partial charge on any atom is -0.361 e. The lowest BCUT2D eigenvalue weighted by atomic mass is 10.0. The molecular formula is C23H17FN6O. The summed E-state index contributed by atoms with van der Waals surface area (Å²) in [5, 5.41) is 4.28. The predicted octanol–water partition coefficient (Wildman–Crippen LogP) is 4.24. The number of nitrogens with one attached hydrogen (secondary N) is 2. The Morgan fingerprint density at radius 2 is 1.97 bits per heavy atom. The average Bonchev–Trinajstić information content (AvgIpc) is 2.79. The first kappa shape index (κ1) is 18.8. The Morgan fingerprint density at radius 3 is 2.81 bits per heavy atom. The highest BCUT2D eigenvalue weighted by atomic mass is 19.1.